The molecule has 0 bridgehead atoms. The number of alkyl carbamates (subject to hydrolysis) is 1. The number of carbonyl (C=O) groups excluding carboxylic acids is 2. The normalized spacial score (nSPS) is 15.9. The zero-order valence-corrected chi connectivity index (χ0v) is 23.5. The predicted octanol–water partition coefficient (Wildman–Crippen LogP) is 4.93. The molecule has 1 N–H and O–H groups in total. The number of benzene rings is 2. The summed E-state index contributed by atoms with van der Waals surface area (Å²) in [5, 5.41) is 4.60. The molecule has 0 spiro atoms. The average molecular weight is 556 g/mol. The van der Waals surface area contributed by atoms with Crippen LogP contribution in [-0.4, -0.2) is 67.3 Å². The Balaban J connectivity index is 1.13. The summed E-state index contributed by atoms with van der Waals surface area (Å²) in [7, 11) is 0. The van der Waals surface area contributed by atoms with Crippen LogP contribution in [0.4, 0.5) is 16.3 Å². The third kappa shape index (κ3) is 6.06. The van der Waals surface area contributed by atoms with Crippen molar-refractivity contribution in [2.45, 2.75) is 33.1 Å². The number of anilines is 2. The van der Waals surface area contributed by atoms with Gasteiger partial charge in [0.15, 0.2) is 6.73 Å². The van der Waals surface area contributed by atoms with Gasteiger partial charge in [-0.25, -0.2) is 4.79 Å². The molecule has 8 nitrogen and oxygen atoms in total. The van der Waals surface area contributed by atoms with Crippen molar-refractivity contribution in [2.24, 2.45) is 5.92 Å². The van der Waals surface area contributed by atoms with E-state index < -0.39 is 6.09 Å². The van der Waals surface area contributed by atoms with Crippen LogP contribution in [0.3, 0.4) is 0 Å². The van der Waals surface area contributed by atoms with Crippen LogP contribution in [0.2, 0.25) is 5.02 Å². The van der Waals surface area contributed by atoms with E-state index in [4.69, 9.17) is 20.7 Å². The van der Waals surface area contributed by atoms with Crippen molar-refractivity contribution < 1.29 is 14.3 Å². The van der Waals surface area contributed by atoms with Crippen LogP contribution in [0, 0.1) is 5.92 Å². The van der Waals surface area contributed by atoms with Crippen molar-refractivity contribution >= 4 is 56.7 Å². The first kappa shape index (κ1) is 26.7. The molecule has 0 unspecified atom stereocenters. The smallest absolute Gasteiger partial charge is 0.408 e. The molecule has 2 aliphatic heterocycles. The highest BCUT2D eigenvalue weighted by molar-refractivity contribution is 7.13. The van der Waals surface area contributed by atoms with Crippen molar-refractivity contribution in [3.63, 3.8) is 0 Å². The topological polar surface area (TPSA) is 78.0 Å². The third-order valence-electron chi connectivity index (χ3n) is 7.22. The molecular weight excluding hydrogens is 522 g/mol. The summed E-state index contributed by atoms with van der Waals surface area (Å²) >= 11 is 8.21. The quantitative estimate of drug-likeness (QED) is 0.403. The fourth-order valence-electron chi connectivity index (χ4n) is 4.98. The molecule has 0 saturated carbocycles. The number of carbonyl (C=O) groups is 2. The number of nitrogens with one attached hydrogen (secondary N) is 1. The lowest BCUT2D eigenvalue weighted by atomic mass is 10.1. The van der Waals surface area contributed by atoms with Gasteiger partial charge in [0.05, 0.1) is 16.8 Å². The lowest BCUT2D eigenvalue weighted by molar-refractivity contribution is -0.118. The standard InChI is InChI=1S/C28H34ClN5O3S/c1-19(2)7-9-30-28(36)37-18-34-24-17-23(29)20(15-21(24)16-26(34)35)8-10-32-11-13-33(14-12-32)27-22-5-3-4-6-25(22)38-31-27/h3-6,15,17,19H,7-14,16,18H2,1-2H3,(H,30,36). The van der Waals surface area contributed by atoms with Crippen LogP contribution in [-0.2, 0) is 22.4 Å². The molecule has 1 fully saturated rings. The lowest BCUT2D eigenvalue weighted by Gasteiger charge is -2.35. The van der Waals surface area contributed by atoms with E-state index in [1.54, 1.807) is 11.5 Å². The van der Waals surface area contributed by atoms with E-state index >= 15 is 0 Å². The summed E-state index contributed by atoms with van der Waals surface area (Å²) < 4.78 is 11.2. The summed E-state index contributed by atoms with van der Waals surface area (Å²) in [6.45, 7) is 9.35. The zero-order valence-electron chi connectivity index (χ0n) is 21.9. The molecule has 1 saturated heterocycles. The van der Waals surface area contributed by atoms with Gasteiger partial charge < -0.3 is 15.0 Å². The largest absolute Gasteiger partial charge is 0.428 e. The Morgan fingerprint density at radius 2 is 1.97 bits per heavy atom. The maximum atomic E-state index is 12.6. The van der Waals surface area contributed by atoms with Crippen LogP contribution in [0.1, 0.15) is 31.4 Å². The zero-order chi connectivity index (χ0) is 26.6. The fraction of sp³-hybridized carbons (Fsp3) is 0.464. The first-order valence-corrected chi connectivity index (χ1v) is 14.4. The van der Waals surface area contributed by atoms with Crippen molar-refractivity contribution in [3.05, 3.63) is 52.5 Å². The number of rotatable bonds is 9. The SMILES string of the molecule is CC(C)CCNC(=O)OCN1C(=O)Cc2cc(CCN3CCN(c4nsc5ccccc45)CC3)c(Cl)cc21. The third-order valence-corrected chi connectivity index (χ3v) is 8.39. The summed E-state index contributed by atoms with van der Waals surface area (Å²) in [4.78, 5) is 31.0. The van der Waals surface area contributed by atoms with Crippen molar-refractivity contribution in [3.8, 4) is 0 Å². The van der Waals surface area contributed by atoms with Gasteiger partial charge in [-0.15, -0.1) is 0 Å². The molecule has 0 aliphatic carbocycles. The summed E-state index contributed by atoms with van der Waals surface area (Å²) in [5.74, 6) is 1.50. The summed E-state index contributed by atoms with van der Waals surface area (Å²) in [6.07, 6.45) is 1.46. The Morgan fingerprint density at radius 3 is 2.76 bits per heavy atom. The van der Waals surface area contributed by atoms with Gasteiger partial charge in [0.25, 0.3) is 0 Å². The fourth-order valence-corrected chi connectivity index (χ4v) is 6.03. The van der Waals surface area contributed by atoms with E-state index in [-0.39, 0.29) is 19.1 Å². The summed E-state index contributed by atoms with van der Waals surface area (Å²) in [6, 6.07) is 12.3. The highest BCUT2D eigenvalue weighted by atomic mass is 35.5. The van der Waals surface area contributed by atoms with Gasteiger partial charge in [-0.05, 0) is 59.6 Å². The predicted molar refractivity (Wildman–Crippen MR) is 153 cm³/mol. The molecule has 2 aliphatic rings. The molecule has 10 heteroatoms. The van der Waals surface area contributed by atoms with Crippen molar-refractivity contribution in [1.82, 2.24) is 14.6 Å². The minimum Gasteiger partial charge on any atom is -0.428 e. The number of piperazine rings is 1. The van der Waals surface area contributed by atoms with E-state index in [0.29, 0.717) is 17.5 Å². The van der Waals surface area contributed by atoms with Gasteiger partial charge in [0, 0.05) is 49.7 Å². The molecule has 3 heterocycles. The monoisotopic (exact) mass is 555 g/mol. The molecule has 38 heavy (non-hydrogen) atoms. The lowest BCUT2D eigenvalue weighted by Crippen LogP contribution is -2.47. The number of ether oxygens (including phenoxy) is 1. The van der Waals surface area contributed by atoms with E-state index in [0.717, 1.165) is 68.2 Å². The molecule has 5 rings (SSSR count). The van der Waals surface area contributed by atoms with Crippen LogP contribution in [0.25, 0.3) is 10.1 Å². The minimum atomic E-state index is -0.516. The molecule has 2 amide bonds. The Morgan fingerprint density at radius 1 is 1.18 bits per heavy atom. The Labute approximate surface area is 232 Å². The molecule has 0 radical (unpaired) electrons. The van der Waals surface area contributed by atoms with Gasteiger partial charge in [-0.2, -0.15) is 4.37 Å². The number of fused-ring (bicyclic) bond motifs is 2. The second kappa shape index (κ2) is 11.9. The first-order valence-electron chi connectivity index (χ1n) is 13.2. The molecule has 1 aromatic heterocycles. The first-order chi connectivity index (χ1) is 18.4. The Hall–Kier alpha value is -2.88. The highest BCUT2D eigenvalue weighted by Gasteiger charge is 2.29. The van der Waals surface area contributed by atoms with Gasteiger partial charge in [0.2, 0.25) is 5.91 Å². The van der Waals surface area contributed by atoms with E-state index in [1.807, 2.05) is 12.1 Å². The van der Waals surface area contributed by atoms with Crippen molar-refractivity contribution in [2.75, 3.05) is 55.8 Å². The molecule has 2 aromatic carbocycles. The number of hydrogen-bond donors (Lipinski definition) is 1. The Bertz CT molecular complexity index is 1300. The number of nitrogens with zero attached hydrogens (tertiary/aromatic N) is 4. The molecule has 0 atom stereocenters. The van der Waals surface area contributed by atoms with Gasteiger partial charge >= 0.3 is 6.09 Å². The van der Waals surface area contributed by atoms with Crippen LogP contribution < -0.4 is 15.1 Å². The number of amides is 2. The Kier molecular flexibility index (Phi) is 8.35. The maximum absolute atomic E-state index is 12.6. The van der Waals surface area contributed by atoms with Gasteiger partial charge in [-0.3, -0.25) is 14.6 Å². The second-order valence-electron chi connectivity index (χ2n) is 10.3. The van der Waals surface area contributed by atoms with E-state index in [2.05, 4.69) is 53.2 Å². The summed E-state index contributed by atoms with van der Waals surface area (Å²) in [5.41, 5.74) is 2.70. The number of halogens is 1. The second-order valence-corrected chi connectivity index (χ2v) is 11.5. The van der Waals surface area contributed by atoms with E-state index in [1.165, 1.54) is 15.0 Å². The molecule has 202 valence electrons. The van der Waals surface area contributed by atoms with Gasteiger partial charge in [0.1, 0.15) is 5.82 Å². The molecule has 3 aromatic rings. The number of aromatic nitrogens is 1. The molecular formula is C28H34ClN5O3S. The van der Waals surface area contributed by atoms with E-state index in [9.17, 15) is 9.59 Å². The van der Waals surface area contributed by atoms with Crippen LogP contribution >= 0.6 is 23.1 Å². The highest BCUT2D eigenvalue weighted by Crippen LogP contribution is 2.34. The maximum Gasteiger partial charge on any atom is 0.408 e. The minimum absolute atomic E-state index is 0.0890. The van der Waals surface area contributed by atoms with Gasteiger partial charge in [-0.1, -0.05) is 43.6 Å². The van der Waals surface area contributed by atoms with Crippen molar-refractivity contribution in [1.29, 1.82) is 0 Å². The number of hydrogen-bond acceptors (Lipinski definition) is 7. The average Bonchev–Trinajstić information content (AvgIpc) is 3.46. The van der Waals surface area contributed by atoms with Crippen LogP contribution in [0.15, 0.2) is 36.4 Å². The van der Waals surface area contributed by atoms with Crippen LogP contribution in [0.5, 0.6) is 0 Å².